The van der Waals surface area contributed by atoms with Crippen LogP contribution in [0.4, 0.5) is 0 Å². The molecule has 0 aromatic carbocycles. The third-order valence-electron chi connectivity index (χ3n) is 2.46. The van der Waals surface area contributed by atoms with Crippen LogP contribution in [0, 0.1) is 0 Å². The molecule has 6 heteroatoms. The molecule has 96 valence electrons. The fourth-order valence-corrected chi connectivity index (χ4v) is 2.51. The Morgan fingerprint density at radius 1 is 1.47 bits per heavy atom. The monoisotopic (exact) mass is 320 g/mol. The predicted molar refractivity (Wildman–Crippen MR) is 72.7 cm³/mol. The maximum atomic E-state index is 11.0. The minimum absolute atomic E-state index is 0.102. The Bertz CT molecular complexity index is 445. The van der Waals surface area contributed by atoms with Crippen LogP contribution in [-0.4, -0.2) is 32.5 Å². The molecule has 0 bridgehead atoms. The predicted octanol–water partition coefficient (Wildman–Crippen LogP) is 1.93. The van der Waals surface area contributed by atoms with Gasteiger partial charge in [-0.15, -0.1) is 0 Å². The number of hydrogen-bond donors (Lipinski definition) is 1. The van der Waals surface area contributed by atoms with E-state index in [0.717, 1.165) is 16.6 Å². The number of pyridine rings is 1. The van der Waals surface area contributed by atoms with Crippen molar-refractivity contribution in [3.05, 3.63) is 28.5 Å². The summed E-state index contributed by atoms with van der Waals surface area (Å²) in [5.74, 6) is 0.224. The number of rotatable bonds is 6. The largest absolute Gasteiger partial charge is 0.312 e. The van der Waals surface area contributed by atoms with E-state index in [1.54, 1.807) is 6.20 Å². The fourth-order valence-electron chi connectivity index (χ4n) is 1.58. The smallest absolute Gasteiger partial charge is 0.147 e. The molecular weight excluding hydrogens is 304 g/mol. The van der Waals surface area contributed by atoms with Crippen LogP contribution >= 0.6 is 15.9 Å². The highest BCUT2D eigenvalue weighted by Gasteiger charge is 2.11. The molecule has 1 aromatic heterocycles. The summed E-state index contributed by atoms with van der Waals surface area (Å²) >= 11 is 3.33. The Balaban J connectivity index is 2.57. The third-order valence-corrected chi connectivity index (χ3v) is 3.96. The molecule has 1 aromatic rings. The molecule has 17 heavy (non-hydrogen) atoms. The second-order valence-corrected chi connectivity index (χ2v) is 7.19. The highest BCUT2D eigenvalue weighted by Crippen LogP contribution is 2.18. The quantitative estimate of drug-likeness (QED) is 0.870. The lowest BCUT2D eigenvalue weighted by atomic mass is 10.1. The number of nitrogens with zero attached hydrogens (tertiary/aromatic N) is 1. The standard InChI is InChI=1S/C11H17BrN2O2S/c1-13-10(4-3-7-17(2,15)16)11-6-5-9(12)8-14-11/h5-6,8,10,13H,3-4,7H2,1-2H3. The Labute approximate surface area is 111 Å². The number of aromatic nitrogens is 1. The van der Waals surface area contributed by atoms with E-state index in [9.17, 15) is 8.42 Å². The van der Waals surface area contributed by atoms with Crippen molar-refractivity contribution in [1.29, 1.82) is 0 Å². The van der Waals surface area contributed by atoms with E-state index in [2.05, 4.69) is 26.2 Å². The van der Waals surface area contributed by atoms with E-state index in [-0.39, 0.29) is 11.8 Å². The first-order chi connectivity index (χ1) is 7.92. The molecule has 0 aliphatic heterocycles. The van der Waals surface area contributed by atoms with Crippen molar-refractivity contribution in [1.82, 2.24) is 10.3 Å². The van der Waals surface area contributed by atoms with E-state index in [0.29, 0.717) is 6.42 Å². The van der Waals surface area contributed by atoms with Gasteiger partial charge in [-0.05, 0) is 48.0 Å². The molecule has 0 aliphatic rings. The average Bonchev–Trinajstić information content (AvgIpc) is 2.24. The summed E-state index contributed by atoms with van der Waals surface area (Å²) in [5.41, 5.74) is 0.934. The zero-order chi connectivity index (χ0) is 12.9. The Kier molecular flexibility index (Phi) is 5.55. The number of sulfone groups is 1. The lowest BCUT2D eigenvalue weighted by molar-refractivity contribution is 0.524. The Morgan fingerprint density at radius 3 is 2.65 bits per heavy atom. The van der Waals surface area contributed by atoms with Crippen LogP contribution in [0.1, 0.15) is 24.6 Å². The molecule has 0 spiro atoms. The second-order valence-electron chi connectivity index (χ2n) is 4.01. The van der Waals surface area contributed by atoms with E-state index in [1.807, 2.05) is 19.2 Å². The first-order valence-electron chi connectivity index (χ1n) is 5.39. The highest BCUT2D eigenvalue weighted by molar-refractivity contribution is 9.10. The van der Waals surface area contributed by atoms with Gasteiger partial charge in [0.2, 0.25) is 0 Å². The molecule has 1 unspecified atom stereocenters. The molecule has 1 heterocycles. The lowest BCUT2D eigenvalue weighted by Crippen LogP contribution is -2.18. The van der Waals surface area contributed by atoms with Crippen molar-refractivity contribution < 1.29 is 8.42 Å². The molecule has 4 nitrogen and oxygen atoms in total. The van der Waals surface area contributed by atoms with Crippen LogP contribution in [0.15, 0.2) is 22.8 Å². The number of nitrogens with one attached hydrogen (secondary N) is 1. The summed E-state index contributed by atoms with van der Waals surface area (Å²) in [7, 11) is -1.02. The van der Waals surface area contributed by atoms with Gasteiger partial charge >= 0.3 is 0 Å². The van der Waals surface area contributed by atoms with Gasteiger partial charge in [-0.3, -0.25) is 4.98 Å². The average molecular weight is 321 g/mol. The highest BCUT2D eigenvalue weighted by atomic mass is 79.9. The van der Waals surface area contributed by atoms with E-state index >= 15 is 0 Å². The minimum Gasteiger partial charge on any atom is -0.312 e. The molecular formula is C11H17BrN2O2S. The van der Waals surface area contributed by atoms with Gasteiger partial charge in [0.1, 0.15) is 9.84 Å². The number of halogens is 1. The first-order valence-corrected chi connectivity index (χ1v) is 8.24. The fraction of sp³-hybridized carbons (Fsp3) is 0.545. The van der Waals surface area contributed by atoms with Gasteiger partial charge in [0.05, 0.1) is 5.69 Å². The van der Waals surface area contributed by atoms with Crippen molar-refractivity contribution in [2.45, 2.75) is 18.9 Å². The van der Waals surface area contributed by atoms with Gasteiger partial charge in [-0.25, -0.2) is 8.42 Å². The molecule has 0 fully saturated rings. The first kappa shape index (κ1) is 14.6. The van der Waals surface area contributed by atoms with Crippen LogP contribution in [0.25, 0.3) is 0 Å². The normalized spacial score (nSPS) is 13.6. The van der Waals surface area contributed by atoms with Crippen LogP contribution < -0.4 is 5.32 Å². The van der Waals surface area contributed by atoms with E-state index < -0.39 is 9.84 Å². The van der Waals surface area contributed by atoms with Crippen molar-refractivity contribution >= 4 is 25.8 Å². The van der Waals surface area contributed by atoms with E-state index in [4.69, 9.17) is 0 Å². The van der Waals surface area contributed by atoms with Crippen molar-refractivity contribution in [3.63, 3.8) is 0 Å². The molecule has 1 rings (SSSR count). The van der Waals surface area contributed by atoms with Gasteiger partial charge in [0.25, 0.3) is 0 Å². The van der Waals surface area contributed by atoms with Gasteiger partial charge < -0.3 is 5.32 Å². The summed E-state index contributed by atoms with van der Waals surface area (Å²) in [6.45, 7) is 0. The summed E-state index contributed by atoms with van der Waals surface area (Å²) in [5, 5.41) is 3.15. The van der Waals surface area contributed by atoms with Crippen molar-refractivity contribution in [3.8, 4) is 0 Å². The number of hydrogen-bond acceptors (Lipinski definition) is 4. The van der Waals surface area contributed by atoms with Gasteiger partial charge in [-0.1, -0.05) is 0 Å². The molecule has 0 radical (unpaired) electrons. The second kappa shape index (κ2) is 6.47. The Morgan fingerprint density at radius 2 is 2.18 bits per heavy atom. The third kappa shape index (κ3) is 5.61. The van der Waals surface area contributed by atoms with Gasteiger partial charge in [0.15, 0.2) is 0 Å². The van der Waals surface area contributed by atoms with Crippen LogP contribution in [-0.2, 0) is 9.84 Å². The molecule has 0 aliphatic carbocycles. The molecule has 0 amide bonds. The van der Waals surface area contributed by atoms with Crippen LogP contribution in [0.5, 0.6) is 0 Å². The zero-order valence-electron chi connectivity index (χ0n) is 9.98. The maximum absolute atomic E-state index is 11.0. The molecule has 0 saturated carbocycles. The summed E-state index contributed by atoms with van der Waals surface area (Å²) in [6.07, 6.45) is 4.41. The zero-order valence-corrected chi connectivity index (χ0v) is 12.4. The van der Waals surface area contributed by atoms with Crippen molar-refractivity contribution in [2.75, 3.05) is 19.1 Å². The Hall–Kier alpha value is -0.460. The molecule has 1 atom stereocenters. The molecule has 0 saturated heterocycles. The van der Waals surface area contributed by atoms with Crippen LogP contribution in [0.2, 0.25) is 0 Å². The van der Waals surface area contributed by atoms with E-state index in [1.165, 1.54) is 6.26 Å². The SMILES string of the molecule is CNC(CCCS(C)(=O)=O)c1ccc(Br)cn1. The van der Waals surface area contributed by atoms with Gasteiger partial charge in [0, 0.05) is 28.7 Å². The minimum atomic E-state index is -2.87. The topological polar surface area (TPSA) is 59.1 Å². The summed E-state index contributed by atoms with van der Waals surface area (Å²) in [6, 6.07) is 3.97. The van der Waals surface area contributed by atoms with Crippen LogP contribution in [0.3, 0.4) is 0 Å². The summed E-state index contributed by atoms with van der Waals surface area (Å²) in [4.78, 5) is 4.31. The summed E-state index contributed by atoms with van der Waals surface area (Å²) < 4.78 is 23.0. The maximum Gasteiger partial charge on any atom is 0.147 e. The lowest BCUT2D eigenvalue weighted by Gasteiger charge is -2.15. The van der Waals surface area contributed by atoms with Crippen molar-refractivity contribution in [2.24, 2.45) is 0 Å². The molecule has 1 N–H and O–H groups in total. The van der Waals surface area contributed by atoms with Gasteiger partial charge in [-0.2, -0.15) is 0 Å².